The van der Waals surface area contributed by atoms with Crippen molar-refractivity contribution in [2.24, 2.45) is 0 Å². The van der Waals surface area contributed by atoms with E-state index < -0.39 is 17.9 Å². The number of hydrogen-bond donors (Lipinski definition) is 4. The highest BCUT2D eigenvalue weighted by Crippen LogP contribution is 2.33. The Balaban J connectivity index is 1.50. The Labute approximate surface area is 185 Å². The third-order valence-electron chi connectivity index (χ3n) is 4.51. The summed E-state index contributed by atoms with van der Waals surface area (Å²) in [7, 11) is 0. The van der Waals surface area contributed by atoms with Crippen LogP contribution in [0.5, 0.6) is 11.5 Å². The van der Waals surface area contributed by atoms with Gasteiger partial charge in [-0.3, -0.25) is 14.4 Å². The molecule has 3 amide bonds. The molecule has 1 aliphatic rings. The van der Waals surface area contributed by atoms with Gasteiger partial charge in [0.2, 0.25) is 0 Å². The number of anilines is 3. The number of ether oxygens (including phenoxy) is 1. The van der Waals surface area contributed by atoms with E-state index in [4.69, 9.17) is 16.3 Å². The number of thiophene rings is 1. The van der Waals surface area contributed by atoms with Crippen LogP contribution in [0.4, 0.5) is 16.4 Å². The van der Waals surface area contributed by atoms with Gasteiger partial charge >= 0.3 is 0 Å². The molecule has 0 radical (unpaired) electrons. The smallest absolute Gasteiger partial charge is 0.265 e. The second kappa shape index (κ2) is 8.29. The molecule has 1 atom stereocenters. The van der Waals surface area contributed by atoms with Gasteiger partial charge in [-0.25, -0.2) is 0 Å². The van der Waals surface area contributed by atoms with Crippen LogP contribution in [0.25, 0.3) is 0 Å². The Hall–Kier alpha value is -3.56. The first-order valence-electron chi connectivity index (χ1n) is 9.12. The summed E-state index contributed by atoms with van der Waals surface area (Å²) in [6, 6.07) is 10.6. The summed E-state index contributed by atoms with van der Waals surface area (Å²) in [5, 5.41) is 20.3. The maximum Gasteiger partial charge on any atom is 0.265 e. The molecule has 10 heteroatoms. The number of aromatic hydroxyl groups is 1. The lowest BCUT2D eigenvalue weighted by atomic mass is 10.2. The number of carbonyl (C=O) groups excluding carboxylic acids is 3. The molecule has 1 aliphatic heterocycles. The van der Waals surface area contributed by atoms with E-state index >= 15 is 0 Å². The van der Waals surface area contributed by atoms with E-state index in [-0.39, 0.29) is 22.8 Å². The Morgan fingerprint density at radius 1 is 1.10 bits per heavy atom. The minimum atomic E-state index is -0.593. The molecule has 4 rings (SSSR count). The number of rotatable bonds is 4. The number of nitrogens with one attached hydrogen (secondary N) is 3. The number of benzene rings is 2. The van der Waals surface area contributed by atoms with Gasteiger partial charge in [-0.05, 0) is 54.8 Å². The maximum absolute atomic E-state index is 12.8. The molecule has 0 aliphatic carbocycles. The van der Waals surface area contributed by atoms with Crippen molar-refractivity contribution in [2.45, 2.75) is 13.0 Å². The van der Waals surface area contributed by atoms with Gasteiger partial charge in [-0.15, -0.1) is 11.3 Å². The average molecular weight is 458 g/mol. The Morgan fingerprint density at radius 3 is 2.65 bits per heavy atom. The number of fused-ring (bicyclic) bond motifs is 1. The summed E-state index contributed by atoms with van der Waals surface area (Å²) in [5.41, 5.74) is 1.18. The highest BCUT2D eigenvalue weighted by molar-refractivity contribution is 7.14. The molecule has 4 N–H and O–H groups in total. The maximum atomic E-state index is 12.8. The summed E-state index contributed by atoms with van der Waals surface area (Å²) in [6.45, 7) is 1.64. The van der Waals surface area contributed by atoms with Crippen molar-refractivity contribution in [3.63, 3.8) is 0 Å². The van der Waals surface area contributed by atoms with Crippen LogP contribution in [0.2, 0.25) is 5.02 Å². The SMILES string of the molecule is CC1Oc2ccc(NC(=O)c3ccsc3NC(=O)c3ccc(Cl)cc3O)cc2NC1=O. The second-order valence-electron chi connectivity index (χ2n) is 6.69. The van der Waals surface area contributed by atoms with Crippen LogP contribution in [0.1, 0.15) is 27.6 Å². The predicted octanol–water partition coefficient (Wildman–Crippen LogP) is 4.33. The van der Waals surface area contributed by atoms with Gasteiger partial charge in [-0.1, -0.05) is 11.6 Å². The van der Waals surface area contributed by atoms with Crippen LogP contribution in [0.3, 0.4) is 0 Å². The van der Waals surface area contributed by atoms with Crippen LogP contribution in [-0.4, -0.2) is 28.9 Å². The molecule has 0 saturated carbocycles. The zero-order valence-corrected chi connectivity index (χ0v) is 17.6. The van der Waals surface area contributed by atoms with Crippen LogP contribution >= 0.6 is 22.9 Å². The van der Waals surface area contributed by atoms with Gasteiger partial charge in [-0.2, -0.15) is 0 Å². The topological polar surface area (TPSA) is 117 Å². The lowest BCUT2D eigenvalue weighted by molar-refractivity contribution is -0.122. The van der Waals surface area contributed by atoms with E-state index in [0.29, 0.717) is 27.1 Å². The Kier molecular flexibility index (Phi) is 5.53. The van der Waals surface area contributed by atoms with Crippen LogP contribution in [-0.2, 0) is 4.79 Å². The molecule has 3 aromatic rings. The monoisotopic (exact) mass is 457 g/mol. The lowest BCUT2D eigenvalue weighted by Crippen LogP contribution is -2.34. The van der Waals surface area contributed by atoms with Gasteiger partial charge < -0.3 is 25.8 Å². The molecule has 0 fully saturated rings. The molecule has 0 bridgehead atoms. The van der Waals surface area contributed by atoms with Crippen molar-refractivity contribution in [3.05, 3.63) is 64.0 Å². The lowest BCUT2D eigenvalue weighted by Gasteiger charge is -2.23. The quantitative estimate of drug-likeness (QED) is 0.465. The van der Waals surface area contributed by atoms with Gasteiger partial charge in [0.25, 0.3) is 17.7 Å². The fourth-order valence-electron chi connectivity index (χ4n) is 2.94. The zero-order chi connectivity index (χ0) is 22.1. The zero-order valence-electron chi connectivity index (χ0n) is 16.1. The molecule has 1 aromatic heterocycles. The number of amides is 3. The van der Waals surface area contributed by atoms with Crippen molar-refractivity contribution in [1.82, 2.24) is 0 Å². The predicted molar refractivity (Wildman–Crippen MR) is 119 cm³/mol. The van der Waals surface area contributed by atoms with Gasteiger partial charge in [0.15, 0.2) is 6.10 Å². The molecule has 31 heavy (non-hydrogen) atoms. The van der Waals surface area contributed by atoms with E-state index in [1.54, 1.807) is 36.6 Å². The van der Waals surface area contributed by atoms with Crippen molar-refractivity contribution >= 4 is 57.0 Å². The van der Waals surface area contributed by atoms with Crippen LogP contribution in [0, 0.1) is 0 Å². The molecular weight excluding hydrogens is 442 g/mol. The van der Waals surface area contributed by atoms with Crippen molar-refractivity contribution < 1.29 is 24.2 Å². The second-order valence-corrected chi connectivity index (χ2v) is 8.05. The molecule has 2 heterocycles. The van der Waals surface area contributed by atoms with Crippen molar-refractivity contribution in [1.29, 1.82) is 0 Å². The first-order chi connectivity index (χ1) is 14.8. The van der Waals surface area contributed by atoms with Crippen LogP contribution in [0.15, 0.2) is 47.8 Å². The minimum absolute atomic E-state index is 0.0313. The van der Waals surface area contributed by atoms with Gasteiger partial charge in [0.1, 0.15) is 16.5 Å². The fraction of sp³-hybridized carbons (Fsp3) is 0.0952. The van der Waals surface area contributed by atoms with Crippen molar-refractivity contribution in [2.75, 3.05) is 16.0 Å². The van der Waals surface area contributed by atoms with E-state index in [1.807, 2.05) is 0 Å². The summed E-state index contributed by atoms with van der Waals surface area (Å²) >= 11 is 6.96. The summed E-state index contributed by atoms with van der Waals surface area (Å²) in [6.07, 6.45) is -0.593. The van der Waals surface area contributed by atoms with E-state index in [2.05, 4.69) is 16.0 Å². The standard InChI is InChI=1S/C21H16ClN3O5S/c1-10-18(27)24-15-9-12(3-5-17(15)30-10)23-20(29)14-6-7-31-21(14)25-19(28)13-4-2-11(22)8-16(13)26/h2-10,26H,1H3,(H,23,29)(H,24,27)(H,25,28). The normalized spacial score (nSPS) is 14.8. The van der Waals surface area contributed by atoms with Gasteiger partial charge in [0, 0.05) is 10.7 Å². The van der Waals surface area contributed by atoms with Gasteiger partial charge in [0.05, 0.1) is 16.8 Å². The minimum Gasteiger partial charge on any atom is -0.507 e. The molecule has 0 saturated heterocycles. The molecule has 2 aromatic carbocycles. The number of phenolic OH excluding ortho intramolecular Hbond substituents is 1. The summed E-state index contributed by atoms with van der Waals surface area (Å²) in [4.78, 5) is 37.1. The largest absolute Gasteiger partial charge is 0.507 e. The summed E-state index contributed by atoms with van der Waals surface area (Å²) in [5.74, 6) is -1.05. The number of hydrogen-bond acceptors (Lipinski definition) is 6. The average Bonchev–Trinajstić information content (AvgIpc) is 3.17. The Morgan fingerprint density at radius 2 is 1.87 bits per heavy atom. The van der Waals surface area contributed by atoms with Crippen molar-refractivity contribution in [3.8, 4) is 11.5 Å². The molecular formula is C21H16ClN3O5S. The van der Waals surface area contributed by atoms with Crippen LogP contribution < -0.4 is 20.7 Å². The number of halogens is 1. The third kappa shape index (κ3) is 4.32. The highest BCUT2D eigenvalue weighted by atomic mass is 35.5. The summed E-state index contributed by atoms with van der Waals surface area (Å²) < 4.78 is 5.50. The molecule has 8 nitrogen and oxygen atoms in total. The first kappa shape index (κ1) is 20.7. The molecule has 0 spiro atoms. The number of carbonyl (C=O) groups is 3. The van der Waals surface area contributed by atoms with E-state index in [9.17, 15) is 19.5 Å². The van der Waals surface area contributed by atoms with E-state index in [1.165, 1.54) is 29.5 Å². The third-order valence-corrected chi connectivity index (χ3v) is 5.57. The molecule has 158 valence electrons. The molecule has 1 unspecified atom stereocenters. The fourth-order valence-corrected chi connectivity index (χ4v) is 3.88. The first-order valence-corrected chi connectivity index (χ1v) is 10.4. The van der Waals surface area contributed by atoms with E-state index in [0.717, 1.165) is 0 Å². The number of phenols is 1. The Bertz CT molecular complexity index is 1210. The highest BCUT2D eigenvalue weighted by Gasteiger charge is 2.24.